The van der Waals surface area contributed by atoms with Gasteiger partial charge in [-0.15, -0.1) is 10.2 Å². The highest BCUT2D eigenvalue weighted by molar-refractivity contribution is 8.00. The first-order valence-electron chi connectivity index (χ1n) is 10.4. The number of methoxy groups -OCH3 is 2. The van der Waals surface area contributed by atoms with Gasteiger partial charge in [0, 0.05) is 31.4 Å². The van der Waals surface area contributed by atoms with Crippen LogP contribution in [0.25, 0.3) is 0 Å². The van der Waals surface area contributed by atoms with Crippen molar-refractivity contribution in [3.05, 3.63) is 18.2 Å². The maximum atomic E-state index is 12.8. The van der Waals surface area contributed by atoms with E-state index >= 15 is 0 Å². The Morgan fingerprint density at radius 2 is 1.87 bits per heavy atom. The summed E-state index contributed by atoms with van der Waals surface area (Å²) in [4.78, 5) is 15.0. The third-order valence-corrected chi connectivity index (χ3v) is 5.92. The van der Waals surface area contributed by atoms with Crippen molar-refractivity contribution in [3.8, 4) is 11.5 Å². The van der Waals surface area contributed by atoms with Crippen LogP contribution in [0.15, 0.2) is 23.4 Å². The van der Waals surface area contributed by atoms with E-state index in [9.17, 15) is 4.79 Å². The number of morpholine rings is 1. The molecule has 1 amide bonds. The van der Waals surface area contributed by atoms with Crippen LogP contribution in [-0.4, -0.2) is 66.4 Å². The molecule has 1 aliphatic rings. The van der Waals surface area contributed by atoms with Crippen LogP contribution in [-0.2, 0) is 16.1 Å². The third kappa shape index (κ3) is 5.82. The highest BCUT2D eigenvalue weighted by Crippen LogP contribution is 2.31. The SMILES string of the molecule is COc1ccc(NC(=O)C(C)Sc2nnc(N3CCOCC3)n2CC(C)C)cc1OC. The van der Waals surface area contributed by atoms with Crippen LogP contribution in [0.3, 0.4) is 0 Å². The lowest BCUT2D eigenvalue weighted by Crippen LogP contribution is -2.38. The lowest BCUT2D eigenvalue weighted by molar-refractivity contribution is -0.115. The Hall–Kier alpha value is -2.46. The number of anilines is 2. The summed E-state index contributed by atoms with van der Waals surface area (Å²) >= 11 is 1.41. The number of amides is 1. The standard InChI is InChI=1S/C21H31N5O4S/c1-14(2)13-26-20(25-8-10-30-11-9-25)23-24-21(26)31-15(3)19(27)22-16-6-7-17(28-4)18(12-16)29-5/h6-7,12,14-15H,8-11,13H2,1-5H3,(H,22,27). The summed E-state index contributed by atoms with van der Waals surface area (Å²) in [5.41, 5.74) is 0.646. The molecule has 1 aliphatic heterocycles. The minimum atomic E-state index is -0.360. The van der Waals surface area contributed by atoms with E-state index < -0.39 is 0 Å². The van der Waals surface area contributed by atoms with Gasteiger partial charge < -0.3 is 24.4 Å². The molecule has 9 nitrogen and oxygen atoms in total. The van der Waals surface area contributed by atoms with Gasteiger partial charge in [0.25, 0.3) is 0 Å². The van der Waals surface area contributed by atoms with Crippen molar-refractivity contribution in [2.24, 2.45) is 5.92 Å². The van der Waals surface area contributed by atoms with Crippen LogP contribution < -0.4 is 19.7 Å². The third-order valence-electron chi connectivity index (χ3n) is 4.84. The number of thioether (sulfide) groups is 1. The number of rotatable bonds is 9. The zero-order valence-electron chi connectivity index (χ0n) is 18.8. The van der Waals surface area contributed by atoms with Gasteiger partial charge in [0.05, 0.1) is 32.7 Å². The minimum Gasteiger partial charge on any atom is -0.493 e. The largest absolute Gasteiger partial charge is 0.493 e. The predicted molar refractivity (Wildman–Crippen MR) is 121 cm³/mol. The molecule has 0 saturated carbocycles. The monoisotopic (exact) mass is 449 g/mol. The Balaban J connectivity index is 1.72. The van der Waals surface area contributed by atoms with Gasteiger partial charge >= 0.3 is 0 Å². The molecule has 1 aromatic heterocycles. The molecule has 0 radical (unpaired) electrons. The summed E-state index contributed by atoms with van der Waals surface area (Å²) in [5.74, 6) is 2.31. The zero-order chi connectivity index (χ0) is 22.4. The van der Waals surface area contributed by atoms with Crippen molar-refractivity contribution in [2.45, 2.75) is 37.7 Å². The van der Waals surface area contributed by atoms with E-state index in [4.69, 9.17) is 14.2 Å². The molecule has 10 heteroatoms. The molecule has 1 atom stereocenters. The summed E-state index contributed by atoms with van der Waals surface area (Å²) in [6, 6.07) is 5.29. The van der Waals surface area contributed by atoms with E-state index in [1.807, 2.05) is 6.92 Å². The number of nitrogens with zero attached hydrogens (tertiary/aromatic N) is 4. The number of aromatic nitrogens is 3. The maximum absolute atomic E-state index is 12.8. The molecule has 170 valence electrons. The molecule has 1 unspecified atom stereocenters. The van der Waals surface area contributed by atoms with Crippen LogP contribution in [0.2, 0.25) is 0 Å². The number of carbonyl (C=O) groups excluding carboxylic acids is 1. The van der Waals surface area contributed by atoms with E-state index in [0.29, 0.717) is 36.3 Å². The summed E-state index contributed by atoms with van der Waals surface area (Å²) < 4.78 is 18.1. The van der Waals surface area contributed by atoms with Gasteiger partial charge in [-0.25, -0.2) is 0 Å². The van der Waals surface area contributed by atoms with Crippen LogP contribution >= 0.6 is 11.8 Å². The molecule has 1 aromatic carbocycles. The van der Waals surface area contributed by atoms with Crippen molar-refractivity contribution in [2.75, 3.05) is 50.7 Å². The molecule has 31 heavy (non-hydrogen) atoms. The van der Waals surface area contributed by atoms with Gasteiger partial charge in [0.15, 0.2) is 16.7 Å². The Morgan fingerprint density at radius 1 is 1.16 bits per heavy atom. The molecule has 1 fully saturated rings. The van der Waals surface area contributed by atoms with E-state index in [0.717, 1.165) is 30.7 Å². The van der Waals surface area contributed by atoms with Crippen molar-refractivity contribution in [1.29, 1.82) is 0 Å². The first-order valence-corrected chi connectivity index (χ1v) is 11.3. The zero-order valence-corrected chi connectivity index (χ0v) is 19.6. The second-order valence-corrected chi connectivity index (χ2v) is 9.01. The molecule has 0 bridgehead atoms. The summed E-state index contributed by atoms with van der Waals surface area (Å²) in [6.07, 6.45) is 0. The fourth-order valence-electron chi connectivity index (χ4n) is 3.26. The van der Waals surface area contributed by atoms with Gasteiger partial charge in [0.2, 0.25) is 11.9 Å². The smallest absolute Gasteiger partial charge is 0.237 e. The van der Waals surface area contributed by atoms with E-state index in [1.54, 1.807) is 32.4 Å². The summed E-state index contributed by atoms with van der Waals surface area (Å²) in [5, 5.41) is 12.2. The van der Waals surface area contributed by atoms with Crippen LogP contribution in [0, 0.1) is 5.92 Å². The van der Waals surface area contributed by atoms with Gasteiger partial charge in [-0.2, -0.15) is 0 Å². The lowest BCUT2D eigenvalue weighted by Gasteiger charge is -2.28. The summed E-state index contributed by atoms with van der Waals surface area (Å²) in [6.45, 7) is 9.90. The lowest BCUT2D eigenvalue weighted by atomic mass is 10.2. The van der Waals surface area contributed by atoms with Gasteiger partial charge in [0.1, 0.15) is 0 Å². The average molecular weight is 450 g/mol. The van der Waals surface area contributed by atoms with Crippen LogP contribution in [0.5, 0.6) is 11.5 Å². The van der Waals surface area contributed by atoms with Crippen LogP contribution in [0.4, 0.5) is 11.6 Å². The molecule has 1 N–H and O–H groups in total. The second kappa shape index (κ2) is 10.7. The van der Waals surface area contributed by atoms with Gasteiger partial charge in [-0.3, -0.25) is 9.36 Å². The number of nitrogens with one attached hydrogen (secondary N) is 1. The van der Waals surface area contributed by atoms with Crippen LogP contribution in [0.1, 0.15) is 20.8 Å². The number of hydrogen-bond donors (Lipinski definition) is 1. The highest BCUT2D eigenvalue weighted by atomic mass is 32.2. The van der Waals surface area contributed by atoms with Crippen molar-refractivity contribution in [1.82, 2.24) is 14.8 Å². The Morgan fingerprint density at radius 3 is 2.52 bits per heavy atom. The molecule has 2 aromatic rings. The molecule has 0 aliphatic carbocycles. The van der Waals surface area contributed by atoms with Gasteiger partial charge in [-0.05, 0) is 25.0 Å². The second-order valence-electron chi connectivity index (χ2n) is 7.71. The summed E-state index contributed by atoms with van der Waals surface area (Å²) in [7, 11) is 3.14. The van der Waals surface area contributed by atoms with Crippen molar-refractivity contribution >= 4 is 29.3 Å². The Kier molecular flexibility index (Phi) is 8.03. The Labute approximate surface area is 187 Å². The van der Waals surface area contributed by atoms with Crippen molar-refractivity contribution < 1.29 is 19.0 Å². The Bertz CT molecular complexity index is 883. The number of benzene rings is 1. The fraction of sp³-hybridized carbons (Fsp3) is 0.571. The predicted octanol–water partition coefficient (Wildman–Crippen LogP) is 2.91. The maximum Gasteiger partial charge on any atom is 0.237 e. The quantitative estimate of drug-likeness (QED) is 0.585. The topological polar surface area (TPSA) is 90.7 Å². The van der Waals surface area contributed by atoms with E-state index in [-0.39, 0.29) is 11.2 Å². The molecule has 2 heterocycles. The number of carbonyl (C=O) groups is 1. The van der Waals surface area contributed by atoms with E-state index in [1.165, 1.54) is 11.8 Å². The minimum absolute atomic E-state index is 0.121. The first-order chi connectivity index (χ1) is 14.9. The van der Waals surface area contributed by atoms with E-state index in [2.05, 4.69) is 38.8 Å². The number of ether oxygens (including phenoxy) is 3. The highest BCUT2D eigenvalue weighted by Gasteiger charge is 2.24. The number of hydrogen-bond acceptors (Lipinski definition) is 8. The molecule has 3 rings (SSSR count). The molecular weight excluding hydrogens is 418 g/mol. The molecule has 1 saturated heterocycles. The normalized spacial score (nSPS) is 15.1. The van der Waals surface area contributed by atoms with Gasteiger partial charge in [-0.1, -0.05) is 25.6 Å². The molecule has 0 spiro atoms. The molecular formula is C21H31N5O4S. The van der Waals surface area contributed by atoms with Crippen molar-refractivity contribution in [3.63, 3.8) is 0 Å². The fourth-order valence-corrected chi connectivity index (χ4v) is 4.11. The first kappa shape index (κ1) is 23.2. The average Bonchev–Trinajstić information content (AvgIpc) is 3.15.